The minimum Gasteiger partial charge on any atom is -0.378 e. The van der Waals surface area contributed by atoms with Crippen molar-refractivity contribution in [1.29, 1.82) is 0 Å². The van der Waals surface area contributed by atoms with Gasteiger partial charge in [-0.25, -0.2) is 0 Å². The highest BCUT2D eigenvalue weighted by molar-refractivity contribution is 5.83. The Morgan fingerprint density at radius 3 is 2.41 bits per heavy atom. The van der Waals surface area contributed by atoms with Crippen LogP contribution in [0.1, 0.15) is 47.0 Å². The molecule has 0 amide bonds. The van der Waals surface area contributed by atoms with Gasteiger partial charge in [0.2, 0.25) is 0 Å². The molecule has 0 aliphatic heterocycles. The van der Waals surface area contributed by atoms with Gasteiger partial charge in [-0.2, -0.15) is 0 Å². The van der Waals surface area contributed by atoms with Crippen molar-refractivity contribution in [3.63, 3.8) is 0 Å². The van der Waals surface area contributed by atoms with Crippen LogP contribution >= 0.6 is 0 Å². The zero-order chi connectivity index (χ0) is 13.5. The zero-order valence-corrected chi connectivity index (χ0v) is 12.4. The SMILES string of the molecule is CCC(=O)C(C)(C)CCOC(C)CCN(C)C. The number of ether oxygens (including phenoxy) is 1. The van der Waals surface area contributed by atoms with Crippen molar-refractivity contribution >= 4 is 5.78 Å². The molecule has 0 N–H and O–H groups in total. The maximum absolute atomic E-state index is 11.7. The lowest BCUT2D eigenvalue weighted by Crippen LogP contribution is -2.26. The second-order valence-electron chi connectivity index (χ2n) is 5.68. The highest BCUT2D eigenvalue weighted by Gasteiger charge is 2.25. The molecule has 0 aromatic rings. The molecule has 0 spiro atoms. The molecule has 0 heterocycles. The van der Waals surface area contributed by atoms with Gasteiger partial charge >= 0.3 is 0 Å². The second kappa shape index (κ2) is 7.83. The third kappa shape index (κ3) is 7.50. The number of carbonyl (C=O) groups is 1. The van der Waals surface area contributed by atoms with Crippen molar-refractivity contribution in [1.82, 2.24) is 4.90 Å². The molecule has 3 nitrogen and oxygen atoms in total. The van der Waals surface area contributed by atoms with Gasteiger partial charge in [0.1, 0.15) is 5.78 Å². The van der Waals surface area contributed by atoms with Crippen LogP contribution in [0.5, 0.6) is 0 Å². The van der Waals surface area contributed by atoms with E-state index in [4.69, 9.17) is 4.74 Å². The van der Waals surface area contributed by atoms with Gasteiger partial charge in [-0.1, -0.05) is 20.8 Å². The monoisotopic (exact) mass is 243 g/mol. The van der Waals surface area contributed by atoms with E-state index in [1.807, 2.05) is 20.8 Å². The Labute approximate surface area is 107 Å². The maximum atomic E-state index is 11.7. The van der Waals surface area contributed by atoms with Crippen molar-refractivity contribution in [3.8, 4) is 0 Å². The van der Waals surface area contributed by atoms with Crippen molar-refractivity contribution in [2.24, 2.45) is 5.41 Å². The van der Waals surface area contributed by atoms with Gasteiger partial charge in [-0.3, -0.25) is 4.79 Å². The summed E-state index contributed by atoms with van der Waals surface area (Å²) in [4.78, 5) is 13.8. The summed E-state index contributed by atoms with van der Waals surface area (Å²) in [7, 11) is 4.13. The Balaban J connectivity index is 3.79. The molecule has 102 valence electrons. The molecule has 0 radical (unpaired) electrons. The number of ketones is 1. The van der Waals surface area contributed by atoms with Crippen LogP contribution in [0, 0.1) is 5.41 Å². The van der Waals surface area contributed by atoms with Gasteiger partial charge in [0.15, 0.2) is 0 Å². The predicted molar refractivity (Wildman–Crippen MR) is 72.3 cm³/mol. The Hall–Kier alpha value is -0.410. The summed E-state index contributed by atoms with van der Waals surface area (Å²) in [6, 6.07) is 0. The minimum atomic E-state index is -0.240. The normalized spacial score (nSPS) is 14.1. The first-order valence-electron chi connectivity index (χ1n) is 6.59. The van der Waals surface area contributed by atoms with E-state index in [0.29, 0.717) is 18.8 Å². The van der Waals surface area contributed by atoms with Crippen molar-refractivity contribution in [2.45, 2.75) is 53.1 Å². The molecule has 1 atom stereocenters. The summed E-state index contributed by atoms with van der Waals surface area (Å²) >= 11 is 0. The zero-order valence-electron chi connectivity index (χ0n) is 12.4. The number of nitrogens with zero attached hydrogens (tertiary/aromatic N) is 1. The molecule has 0 aliphatic carbocycles. The number of hydrogen-bond acceptors (Lipinski definition) is 3. The Bertz CT molecular complexity index is 224. The Morgan fingerprint density at radius 2 is 1.94 bits per heavy atom. The molecule has 0 saturated carbocycles. The van der Waals surface area contributed by atoms with E-state index in [9.17, 15) is 4.79 Å². The van der Waals surface area contributed by atoms with E-state index < -0.39 is 0 Å². The van der Waals surface area contributed by atoms with E-state index in [2.05, 4.69) is 25.9 Å². The second-order valence-corrected chi connectivity index (χ2v) is 5.68. The molecule has 0 fully saturated rings. The fraction of sp³-hybridized carbons (Fsp3) is 0.929. The number of Topliss-reactive ketones (excluding diaryl/α,β-unsaturated/α-hetero) is 1. The van der Waals surface area contributed by atoms with E-state index in [0.717, 1.165) is 19.4 Å². The lowest BCUT2D eigenvalue weighted by Gasteiger charge is -2.23. The molecule has 0 saturated heterocycles. The molecule has 17 heavy (non-hydrogen) atoms. The third-order valence-corrected chi connectivity index (χ3v) is 3.19. The standard InChI is InChI=1S/C14H29NO2/c1-7-13(16)14(3,4)9-11-17-12(2)8-10-15(5)6/h12H,7-11H2,1-6H3. The molecule has 1 unspecified atom stereocenters. The van der Waals surface area contributed by atoms with Crippen LogP contribution in [0.4, 0.5) is 0 Å². The predicted octanol–water partition coefficient (Wildman–Crippen LogP) is 2.74. The molecule has 0 aliphatic rings. The largest absolute Gasteiger partial charge is 0.378 e. The number of rotatable bonds is 9. The number of carbonyl (C=O) groups excluding carboxylic acids is 1. The molecule has 0 aromatic carbocycles. The molecular formula is C14H29NO2. The fourth-order valence-corrected chi connectivity index (χ4v) is 1.66. The van der Waals surface area contributed by atoms with Crippen LogP contribution in [0.15, 0.2) is 0 Å². The van der Waals surface area contributed by atoms with E-state index in [1.165, 1.54) is 0 Å². The van der Waals surface area contributed by atoms with Crippen LogP contribution in [-0.4, -0.2) is 44.0 Å². The quantitative estimate of drug-likeness (QED) is 0.623. The third-order valence-electron chi connectivity index (χ3n) is 3.19. The van der Waals surface area contributed by atoms with Crippen LogP contribution in [0.3, 0.4) is 0 Å². The smallest absolute Gasteiger partial charge is 0.138 e. The highest BCUT2D eigenvalue weighted by atomic mass is 16.5. The first-order chi connectivity index (χ1) is 7.79. The molecular weight excluding hydrogens is 214 g/mol. The van der Waals surface area contributed by atoms with Gasteiger partial charge in [-0.15, -0.1) is 0 Å². The molecule has 3 heteroatoms. The van der Waals surface area contributed by atoms with Gasteiger partial charge in [0.25, 0.3) is 0 Å². The Morgan fingerprint density at radius 1 is 1.35 bits per heavy atom. The van der Waals surface area contributed by atoms with Crippen LogP contribution in [0.25, 0.3) is 0 Å². The van der Waals surface area contributed by atoms with E-state index >= 15 is 0 Å². The summed E-state index contributed by atoms with van der Waals surface area (Å²) in [5, 5.41) is 0. The molecule has 0 aromatic heterocycles. The van der Waals surface area contributed by atoms with Crippen LogP contribution in [0.2, 0.25) is 0 Å². The van der Waals surface area contributed by atoms with Gasteiger partial charge in [0.05, 0.1) is 6.10 Å². The average molecular weight is 243 g/mol. The van der Waals surface area contributed by atoms with Crippen LogP contribution < -0.4 is 0 Å². The lowest BCUT2D eigenvalue weighted by atomic mass is 9.84. The maximum Gasteiger partial charge on any atom is 0.138 e. The van der Waals surface area contributed by atoms with Gasteiger partial charge in [0, 0.05) is 18.4 Å². The first-order valence-corrected chi connectivity index (χ1v) is 6.59. The highest BCUT2D eigenvalue weighted by Crippen LogP contribution is 2.23. The number of hydrogen-bond donors (Lipinski definition) is 0. The molecule has 0 rings (SSSR count). The van der Waals surface area contributed by atoms with Crippen molar-refractivity contribution < 1.29 is 9.53 Å². The van der Waals surface area contributed by atoms with Crippen LogP contribution in [-0.2, 0) is 9.53 Å². The first kappa shape index (κ1) is 16.6. The van der Waals surface area contributed by atoms with Gasteiger partial charge < -0.3 is 9.64 Å². The summed E-state index contributed by atoms with van der Waals surface area (Å²) in [6.07, 6.45) is 2.73. The lowest BCUT2D eigenvalue weighted by molar-refractivity contribution is -0.128. The average Bonchev–Trinajstić information content (AvgIpc) is 2.24. The summed E-state index contributed by atoms with van der Waals surface area (Å²) < 4.78 is 5.74. The molecule has 0 bridgehead atoms. The van der Waals surface area contributed by atoms with E-state index in [1.54, 1.807) is 0 Å². The minimum absolute atomic E-state index is 0.240. The summed E-state index contributed by atoms with van der Waals surface area (Å²) in [5.41, 5.74) is -0.240. The van der Waals surface area contributed by atoms with E-state index in [-0.39, 0.29) is 11.5 Å². The van der Waals surface area contributed by atoms with Crippen molar-refractivity contribution in [2.75, 3.05) is 27.2 Å². The summed E-state index contributed by atoms with van der Waals surface area (Å²) in [5.74, 6) is 0.321. The fourth-order valence-electron chi connectivity index (χ4n) is 1.66. The van der Waals surface area contributed by atoms with Crippen molar-refractivity contribution in [3.05, 3.63) is 0 Å². The Kier molecular flexibility index (Phi) is 7.64. The topological polar surface area (TPSA) is 29.5 Å². The summed E-state index contributed by atoms with van der Waals surface area (Å²) in [6.45, 7) is 9.74. The van der Waals surface area contributed by atoms with Gasteiger partial charge in [-0.05, 0) is 40.4 Å².